The molecule has 0 saturated heterocycles. The molecule has 3 rings (SSSR count). The number of rotatable bonds is 0. The minimum absolute atomic E-state index is 0.226. The molecule has 0 aromatic heterocycles. The Labute approximate surface area is 91.8 Å². The molecule has 78 valence electrons. The van der Waals surface area contributed by atoms with E-state index in [1.807, 2.05) is 18.2 Å². The van der Waals surface area contributed by atoms with Gasteiger partial charge in [0, 0.05) is 5.39 Å². The minimum Gasteiger partial charge on any atom is -0.507 e. The largest absolute Gasteiger partial charge is 0.507 e. The van der Waals surface area contributed by atoms with Crippen LogP contribution < -0.4 is 0 Å². The van der Waals surface area contributed by atoms with Crippen molar-refractivity contribution in [3.63, 3.8) is 0 Å². The van der Waals surface area contributed by atoms with E-state index in [0.29, 0.717) is 0 Å². The first kappa shape index (κ1) is 9.16. The van der Waals surface area contributed by atoms with Crippen molar-refractivity contribution in [3.05, 3.63) is 54.3 Å². The Kier molecular flexibility index (Phi) is 1.83. The summed E-state index contributed by atoms with van der Waals surface area (Å²) in [4.78, 5) is 0. The first-order valence-electron chi connectivity index (χ1n) is 5.06. The highest BCUT2D eigenvalue weighted by Gasteiger charge is 2.04. The van der Waals surface area contributed by atoms with Gasteiger partial charge in [0.25, 0.3) is 0 Å². The van der Waals surface area contributed by atoms with Crippen molar-refractivity contribution in [1.82, 2.24) is 0 Å². The van der Waals surface area contributed by atoms with Crippen LogP contribution in [-0.4, -0.2) is 5.11 Å². The predicted octanol–water partition coefficient (Wildman–Crippen LogP) is 3.84. The molecule has 0 aliphatic carbocycles. The van der Waals surface area contributed by atoms with Crippen LogP contribution in [0.25, 0.3) is 21.5 Å². The standard InChI is InChI=1S/C14H9FO/c15-10-6-4-9-5-7-12-11(13(9)8-10)2-1-3-14(12)16/h1-8,16H. The Balaban J connectivity index is 2.58. The maximum absolute atomic E-state index is 13.2. The molecule has 16 heavy (non-hydrogen) atoms. The van der Waals surface area contributed by atoms with Crippen LogP contribution in [0, 0.1) is 5.82 Å². The zero-order chi connectivity index (χ0) is 11.1. The van der Waals surface area contributed by atoms with Crippen molar-refractivity contribution in [3.8, 4) is 5.75 Å². The van der Waals surface area contributed by atoms with Crippen molar-refractivity contribution < 1.29 is 9.50 Å². The number of hydrogen-bond donors (Lipinski definition) is 1. The fourth-order valence-electron chi connectivity index (χ4n) is 2.04. The van der Waals surface area contributed by atoms with Crippen LogP contribution in [0.5, 0.6) is 5.75 Å². The molecule has 0 spiro atoms. The van der Waals surface area contributed by atoms with Crippen LogP contribution >= 0.6 is 0 Å². The van der Waals surface area contributed by atoms with E-state index in [4.69, 9.17) is 0 Å². The molecule has 0 radical (unpaired) electrons. The molecular formula is C14H9FO. The molecule has 2 heteroatoms. The highest BCUT2D eigenvalue weighted by molar-refractivity contribution is 6.09. The summed E-state index contributed by atoms with van der Waals surface area (Å²) in [5.74, 6) is -0.0352. The second-order valence-electron chi connectivity index (χ2n) is 3.80. The van der Waals surface area contributed by atoms with Crippen molar-refractivity contribution in [2.75, 3.05) is 0 Å². The number of hydrogen-bond acceptors (Lipinski definition) is 1. The summed E-state index contributed by atoms with van der Waals surface area (Å²) >= 11 is 0. The summed E-state index contributed by atoms with van der Waals surface area (Å²) < 4.78 is 13.2. The fourth-order valence-corrected chi connectivity index (χ4v) is 2.04. The number of phenols is 1. The van der Waals surface area contributed by atoms with Gasteiger partial charge in [-0.15, -0.1) is 0 Å². The quantitative estimate of drug-likeness (QED) is 0.561. The van der Waals surface area contributed by atoms with Crippen LogP contribution in [0.15, 0.2) is 48.5 Å². The first-order chi connectivity index (χ1) is 7.75. The van der Waals surface area contributed by atoms with Crippen molar-refractivity contribution in [2.45, 2.75) is 0 Å². The highest BCUT2D eigenvalue weighted by atomic mass is 19.1. The van der Waals surface area contributed by atoms with Gasteiger partial charge in [0.1, 0.15) is 11.6 Å². The molecule has 1 N–H and O–H groups in total. The number of fused-ring (bicyclic) bond motifs is 3. The number of benzene rings is 3. The van der Waals surface area contributed by atoms with E-state index in [1.54, 1.807) is 18.2 Å². The van der Waals surface area contributed by atoms with Gasteiger partial charge in [0.05, 0.1) is 0 Å². The topological polar surface area (TPSA) is 20.2 Å². The van der Waals surface area contributed by atoms with Crippen molar-refractivity contribution in [2.24, 2.45) is 0 Å². The predicted molar refractivity (Wildman–Crippen MR) is 63.1 cm³/mol. The Morgan fingerprint density at radius 1 is 0.812 bits per heavy atom. The molecule has 0 saturated carbocycles. The minimum atomic E-state index is -0.261. The summed E-state index contributed by atoms with van der Waals surface area (Å²) in [7, 11) is 0. The summed E-state index contributed by atoms with van der Waals surface area (Å²) in [5, 5.41) is 13.1. The SMILES string of the molecule is Oc1cccc2c1ccc1ccc(F)cc12. The van der Waals surface area contributed by atoms with Crippen LogP contribution in [0.2, 0.25) is 0 Å². The third-order valence-corrected chi connectivity index (χ3v) is 2.82. The van der Waals surface area contributed by atoms with E-state index >= 15 is 0 Å². The lowest BCUT2D eigenvalue weighted by Crippen LogP contribution is -1.80. The Morgan fingerprint density at radius 3 is 2.50 bits per heavy atom. The Morgan fingerprint density at radius 2 is 1.62 bits per heavy atom. The van der Waals surface area contributed by atoms with Gasteiger partial charge in [-0.2, -0.15) is 0 Å². The monoisotopic (exact) mass is 212 g/mol. The second-order valence-corrected chi connectivity index (χ2v) is 3.80. The zero-order valence-electron chi connectivity index (χ0n) is 8.44. The summed E-state index contributed by atoms with van der Waals surface area (Å²) in [6, 6.07) is 13.7. The van der Waals surface area contributed by atoms with Gasteiger partial charge in [-0.3, -0.25) is 0 Å². The fraction of sp³-hybridized carbons (Fsp3) is 0. The molecule has 0 atom stereocenters. The third kappa shape index (κ3) is 1.23. The molecule has 0 aliphatic rings. The zero-order valence-corrected chi connectivity index (χ0v) is 8.44. The normalized spacial score (nSPS) is 11.1. The second kappa shape index (κ2) is 3.20. The lowest BCUT2D eigenvalue weighted by atomic mass is 10.0. The van der Waals surface area contributed by atoms with Crippen LogP contribution in [-0.2, 0) is 0 Å². The number of halogens is 1. The Hall–Kier alpha value is -2.09. The van der Waals surface area contributed by atoms with Crippen LogP contribution in [0.3, 0.4) is 0 Å². The maximum Gasteiger partial charge on any atom is 0.123 e. The molecule has 0 amide bonds. The molecule has 0 bridgehead atoms. The van der Waals surface area contributed by atoms with Gasteiger partial charge in [-0.1, -0.05) is 30.3 Å². The first-order valence-corrected chi connectivity index (χ1v) is 5.06. The summed E-state index contributed by atoms with van der Waals surface area (Å²) in [6.07, 6.45) is 0. The van der Waals surface area contributed by atoms with Crippen LogP contribution in [0.1, 0.15) is 0 Å². The van der Waals surface area contributed by atoms with E-state index < -0.39 is 0 Å². The maximum atomic E-state index is 13.2. The van der Waals surface area contributed by atoms with E-state index in [9.17, 15) is 9.50 Å². The lowest BCUT2D eigenvalue weighted by Gasteiger charge is -2.05. The molecule has 0 aliphatic heterocycles. The van der Waals surface area contributed by atoms with Gasteiger partial charge in [0.15, 0.2) is 0 Å². The van der Waals surface area contributed by atoms with E-state index in [1.165, 1.54) is 12.1 Å². The molecular weight excluding hydrogens is 203 g/mol. The molecule has 0 unspecified atom stereocenters. The van der Waals surface area contributed by atoms with Gasteiger partial charge in [0.2, 0.25) is 0 Å². The van der Waals surface area contributed by atoms with E-state index in [2.05, 4.69) is 0 Å². The lowest BCUT2D eigenvalue weighted by molar-refractivity contribution is 0.481. The molecule has 0 fully saturated rings. The number of phenolic OH excluding ortho intramolecular Hbond substituents is 1. The summed E-state index contributed by atoms with van der Waals surface area (Å²) in [5.41, 5.74) is 0. The van der Waals surface area contributed by atoms with E-state index in [0.717, 1.165) is 21.5 Å². The number of aromatic hydroxyl groups is 1. The average molecular weight is 212 g/mol. The summed E-state index contributed by atoms with van der Waals surface area (Å²) in [6.45, 7) is 0. The van der Waals surface area contributed by atoms with E-state index in [-0.39, 0.29) is 11.6 Å². The highest BCUT2D eigenvalue weighted by Crippen LogP contribution is 2.30. The molecule has 0 heterocycles. The van der Waals surface area contributed by atoms with Gasteiger partial charge in [-0.05, 0) is 34.4 Å². The van der Waals surface area contributed by atoms with Crippen molar-refractivity contribution >= 4 is 21.5 Å². The molecule has 1 nitrogen and oxygen atoms in total. The third-order valence-electron chi connectivity index (χ3n) is 2.82. The van der Waals surface area contributed by atoms with Crippen LogP contribution in [0.4, 0.5) is 4.39 Å². The van der Waals surface area contributed by atoms with Crippen molar-refractivity contribution in [1.29, 1.82) is 0 Å². The molecule has 3 aromatic rings. The Bertz CT molecular complexity index is 689. The van der Waals surface area contributed by atoms with Gasteiger partial charge >= 0.3 is 0 Å². The average Bonchev–Trinajstić information content (AvgIpc) is 2.29. The van der Waals surface area contributed by atoms with Gasteiger partial charge < -0.3 is 5.11 Å². The van der Waals surface area contributed by atoms with Gasteiger partial charge in [-0.25, -0.2) is 4.39 Å². The molecule has 3 aromatic carbocycles. The smallest absolute Gasteiger partial charge is 0.123 e.